The van der Waals surface area contributed by atoms with Gasteiger partial charge in [0.2, 0.25) is 0 Å². The van der Waals surface area contributed by atoms with Gasteiger partial charge < -0.3 is 4.42 Å². The Morgan fingerprint density at radius 1 is 1.05 bits per heavy atom. The lowest BCUT2D eigenvalue weighted by atomic mass is 9.95. The summed E-state index contributed by atoms with van der Waals surface area (Å²) in [5.74, 6) is 0. The lowest BCUT2D eigenvalue weighted by Crippen LogP contribution is -1.97. The summed E-state index contributed by atoms with van der Waals surface area (Å²) in [5.41, 5.74) is 3.67. The molecule has 96 valence electrons. The van der Waals surface area contributed by atoms with Crippen LogP contribution in [0.4, 0.5) is 0 Å². The van der Waals surface area contributed by atoms with Gasteiger partial charge in [0.1, 0.15) is 0 Å². The summed E-state index contributed by atoms with van der Waals surface area (Å²) < 4.78 is 6.13. The second-order valence-electron chi connectivity index (χ2n) is 4.53. The Morgan fingerprint density at radius 3 is 2.58 bits per heavy atom. The number of alkyl halides is 1. The lowest BCUT2D eigenvalue weighted by Gasteiger charge is -2.15. The van der Waals surface area contributed by atoms with E-state index in [1.807, 2.05) is 6.07 Å². The monoisotopic (exact) mass is 378 g/mol. The van der Waals surface area contributed by atoms with Gasteiger partial charge in [-0.15, -0.1) is 0 Å². The maximum atomic E-state index is 5.35. The molecule has 1 nitrogen and oxygen atoms in total. The minimum atomic E-state index is 0.117. The van der Waals surface area contributed by atoms with E-state index in [0.29, 0.717) is 0 Å². The molecule has 1 heterocycles. The predicted octanol–water partition coefficient (Wildman–Crippen LogP) is 5.99. The number of aryl methyl sites for hydroxylation is 1. The molecule has 1 aromatic heterocycles. The van der Waals surface area contributed by atoms with Gasteiger partial charge in [-0.05, 0) is 50.8 Å². The van der Waals surface area contributed by atoms with E-state index in [4.69, 9.17) is 4.42 Å². The maximum absolute atomic E-state index is 5.35. The van der Waals surface area contributed by atoms with E-state index >= 15 is 0 Å². The van der Waals surface area contributed by atoms with E-state index in [2.05, 4.69) is 75.2 Å². The molecule has 0 fully saturated rings. The number of fused-ring (bicyclic) bond motifs is 1. The van der Waals surface area contributed by atoms with Gasteiger partial charge in [-0.1, -0.05) is 52.3 Å². The summed E-state index contributed by atoms with van der Waals surface area (Å²) in [6.07, 6.45) is 1.70. The summed E-state index contributed by atoms with van der Waals surface area (Å²) in [5, 5.41) is 2.53. The van der Waals surface area contributed by atoms with E-state index in [1.165, 1.54) is 21.9 Å². The van der Waals surface area contributed by atoms with E-state index in [0.717, 1.165) is 10.2 Å². The first kappa shape index (κ1) is 12.9. The largest absolute Gasteiger partial charge is 0.457 e. The molecule has 0 spiro atoms. The van der Waals surface area contributed by atoms with Crippen LogP contribution in [-0.4, -0.2) is 0 Å². The van der Waals surface area contributed by atoms with E-state index < -0.39 is 0 Å². The van der Waals surface area contributed by atoms with E-state index in [-0.39, 0.29) is 4.83 Å². The first-order valence-corrected chi connectivity index (χ1v) is 7.74. The highest BCUT2D eigenvalue weighted by molar-refractivity contribution is 9.10. The predicted molar refractivity (Wildman–Crippen MR) is 85.9 cm³/mol. The number of furan rings is 1. The van der Waals surface area contributed by atoms with Crippen molar-refractivity contribution in [1.29, 1.82) is 0 Å². The Kier molecular flexibility index (Phi) is 3.50. The Hall–Kier alpha value is -1.06. The molecule has 3 aromatic rings. The van der Waals surface area contributed by atoms with Crippen molar-refractivity contribution in [2.45, 2.75) is 11.8 Å². The SMILES string of the molecule is Cc1ccc2ccccc2c1C(Br)c1ccoc1Br. The average molecular weight is 380 g/mol. The van der Waals surface area contributed by atoms with Crippen molar-refractivity contribution in [3.8, 4) is 0 Å². The molecule has 3 heteroatoms. The molecular weight excluding hydrogens is 368 g/mol. The third-order valence-corrected chi connectivity index (χ3v) is 4.96. The molecule has 19 heavy (non-hydrogen) atoms. The van der Waals surface area contributed by atoms with Crippen LogP contribution in [0.15, 0.2) is 57.8 Å². The Balaban J connectivity index is 2.24. The molecule has 3 rings (SSSR count). The third kappa shape index (κ3) is 2.26. The van der Waals surface area contributed by atoms with Crippen LogP contribution in [0.25, 0.3) is 10.8 Å². The van der Waals surface area contributed by atoms with Crippen molar-refractivity contribution in [3.05, 3.63) is 70.1 Å². The smallest absolute Gasteiger partial charge is 0.173 e. The fourth-order valence-corrected chi connectivity index (χ4v) is 4.13. The highest BCUT2D eigenvalue weighted by Crippen LogP contribution is 2.40. The average Bonchev–Trinajstić information content (AvgIpc) is 2.84. The fraction of sp³-hybridized carbons (Fsp3) is 0.125. The van der Waals surface area contributed by atoms with Crippen LogP contribution in [0.3, 0.4) is 0 Å². The second-order valence-corrected chi connectivity index (χ2v) is 6.17. The van der Waals surface area contributed by atoms with Crippen molar-refractivity contribution >= 4 is 42.6 Å². The number of benzene rings is 2. The van der Waals surface area contributed by atoms with Gasteiger partial charge in [0.15, 0.2) is 4.67 Å². The first-order chi connectivity index (χ1) is 9.18. The molecule has 1 atom stereocenters. The van der Waals surface area contributed by atoms with Crippen molar-refractivity contribution in [3.63, 3.8) is 0 Å². The number of hydrogen-bond acceptors (Lipinski definition) is 1. The van der Waals surface area contributed by atoms with Crippen LogP contribution in [-0.2, 0) is 0 Å². The molecule has 1 unspecified atom stereocenters. The maximum Gasteiger partial charge on any atom is 0.173 e. The zero-order chi connectivity index (χ0) is 13.4. The van der Waals surface area contributed by atoms with Gasteiger partial charge in [0.05, 0.1) is 11.1 Å². The van der Waals surface area contributed by atoms with Crippen molar-refractivity contribution in [2.75, 3.05) is 0 Å². The Labute approximate surface area is 128 Å². The van der Waals surface area contributed by atoms with Crippen molar-refractivity contribution < 1.29 is 4.42 Å². The quantitative estimate of drug-likeness (QED) is 0.498. The molecule has 0 saturated heterocycles. The molecule has 2 aromatic carbocycles. The summed E-state index contributed by atoms with van der Waals surface area (Å²) >= 11 is 7.26. The normalized spacial score (nSPS) is 12.8. The van der Waals surface area contributed by atoms with Gasteiger partial charge in [0.25, 0.3) is 0 Å². The van der Waals surface area contributed by atoms with Crippen molar-refractivity contribution in [1.82, 2.24) is 0 Å². The van der Waals surface area contributed by atoms with E-state index in [9.17, 15) is 0 Å². The number of rotatable bonds is 2. The molecule has 0 radical (unpaired) electrons. The van der Waals surface area contributed by atoms with Gasteiger partial charge in [-0.3, -0.25) is 0 Å². The molecule has 0 aliphatic heterocycles. The zero-order valence-electron chi connectivity index (χ0n) is 10.4. The molecule has 0 aliphatic rings. The number of halogens is 2. The van der Waals surface area contributed by atoms with Crippen LogP contribution in [0.1, 0.15) is 21.5 Å². The van der Waals surface area contributed by atoms with Gasteiger partial charge in [-0.2, -0.15) is 0 Å². The minimum absolute atomic E-state index is 0.117. The van der Waals surface area contributed by atoms with Crippen LogP contribution in [0.5, 0.6) is 0 Å². The first-order valence-electron chi connectivity index (χ1n) is 6.03. The summed E-state index contributed by atoms with van der Waals surface area (Å²) in [4.78, 5) is 0.117. The van der Waals surface area contributed by atoms with Crippen LogP contribution in [0, 0.1) is 6.92 Å². The molecule has 0 amide bonds. The van der Waals surface area contributed by atoms with Gasteiger partial charge in [-0.25, -0.2) is 0 Å². The lowest BCUT2D eigenvalue weighted by molar-refractivity contribution is 0.537. The molecule has 0 aliphatic carbocycles. The summed E-state index contributed by atoms with van der Waals surface area (Å²) in [6.45, 7) is 2.14. The van der Waals surface area contributed by atoms with Gasteiger partial charge in [0, 0.05) is 5.56 Å². The molecular formula is C16H12Br2O. The standard InChI is InChI=1S/C16H12Br2O/c1-10-6-7-11-4-2-3-5-12(11)14(10)15(17)13-8-9-19-16(13)18/h2-9,15H,1H3. The van der Waals surface area contributed by atoms with E-state index in [1.54, 1.807) is 6.26 Å². The van der Waals surface area contributed by atoms with Crippen LogP contribution in [0.2, 0.25) is 0 Å². The Morgan fingerprint density at radius 2 is 1.84 bits per heavy atom. The highest BCUT2D eigenvalue weighted by Gasteiger charge is 2.19. The summed E-state index contributed by atoms with van der Waals surface area (Å²) in [6, 6.07) is 14.8. The minimum Gasteiger partial charge on any atom is -0.457 e. The van der Waals surface area contributed by atoms with Crippen molar-refractivity contribution in [2.24, 2.45) is 0 Å². The van der Waals surface area contributed by atoms with Crippen LogP contribution >= 0.6 is 31.9 Å². The topological polar surface area (TPSA) is 13.1 Å². The zero-order valence-corrected chi connectivity index (χ0v) is 13.5. The molecule has 0 bridgehead atoms. The second kappa shape index (κ2) is 5.14. The highest BCUT2D eigenvalue weighted by atomic mass is 79.9. The molecule has 0 N–H and O–H groups in total. The molecule has 0 saturated carbocycles. The van der Waals surface area contributed by atoms with Crippen LogP contribution < -0.4 is 0 Å². The third-order valence-electron chi connectivity index (χ3n) is 3.36. The Bertz CT molecular complexity index is 730. The summed E-state index contributed by atoms with van der Waals surface area (Å²) in [7, 11) is 0. The fourth-order valence-electron chi connectivity index (χ4n) is 2.38. The number of hydrogen-bond donors (Lipinski definition) is 0. The van der Waals surface area contributed by atoms with Gasteiger partial charge >= 0.3 is 0 Å².